The summed E-state index contributed by atoms with van der Waals surface area (Å²) in [5.41, 5.74) is 1.57. The first-order valence-corrected chi connectivity index (χ1v) is 19.0. The van der Waals surface area contributed by atoms with Crippen molar-refractivity contribution in [1.29, 1.82) is 0 Å². The SMILES string of the molecule is COC(=O)C1O[C@@H](Oc2ccc3c(C(=O)c4ccc(OCCN5CCCCC5)cc4)c(-c4ccc(O)cc4)sc3c2)C(OC(C)=O)C(OC(C)=O)[C@H]1OC(C)=O. The van der Waals surface area contributed by atoms with Gasteiger partial charge in [0.15, 0.2) is 24.1 Å². The number of hydrogen-bond donors (Lipinski definition) is 1. The molecular formula is C41H43NO13S. The Labute approximate surface area is 327 Å². The maximum atomic E-state index is 14.3. The fraction of sp³-hybridized carbons (Fsp3) is 0.390. The molecule has 2 fully saturated rings. The quantitative estimate of drug-likeness (QED) is 0.103. The van der Waals surface area contributed by atoms with Crippen molar-refractivity contribution in [3.05, 3.63) is 77.9 Å². The van der Waals surface area contributed by atoms with Gasteiger partial charge in [0.1, 0.15) is 23.9 Å². The van der Waals surface area contributed by atoms with Crippen LogP contribution in [-0.4, -0.2) is 104 Å². The molecule has 3 unspecified atom stereocenters. The first kappa shape index (κ1) is 40.2. The molecule has 0 radical (unpaired) electrons. The molecule has 1 N–H and O–H groups in total. The fourth-order valence-corrected chi connectivity index (χ4v) is 8.06. The van der Waals surface area contributed by atoms with Crippen molar-refractivity contribution in [1.82, 2.24) is 4.90 Å². The van der Waals surface area contributed by atoms with Crippen molar-refractivity contribution in [3.8, 4) is 27.7 Å². The van der Waals surface area contributed by atoms with Crippen LogP contribution in [0.3, 0.4) is 0 Å². The van der Waals surface area contributed by atoms with E-state index >= 15 is 0 Å². The number of benzene rings is 3. The monoisotopic (exact) mass is 789 g/mol. The van der Waals surface area contributed by atoms with E-state index in [0.717, 1.165) is 47.5 Å². The zero-order valence-electron chi connectivity index (χ0n) is 31.4. The molecule has 2 saturated heterocycles. The zero-order valence-corrected chi connectivity index (χ0v) is 32.2. The molecule has 0 spiro atoms. The number of methoxy groups -OCH3 is 1. The average molecular weight is 790 g/mol. The third-order valence-corrected chi connectivity index (χ3v) is 10.5. The van der Waals surface area contributed by atoms with E-state index in [4.69, 9.17) is 33.2 Å². The van der Waals surface area contributed by atoms with Gasteiger partial charge < -0.3 is 38.3 Å². The highest BCUT2D eigenvalue weighted by molar-refractivity contribution is 7.22. The standard InChI is InChI=1S/C41H43NO13S/c1-23(43)51-35-36(52-24(2)44)38(53-25(3)45)41(55-37(35)40(48)49-4)54-30-16-17-31-32(22-30)56-39(27-8-12-28(46)13-9-27)33(31)34(47)26-10-14-29(15-11-26)50-21-20-42-18-6-5-7-19-42/h8-17,22,35-38,41,46H,5-7,18-21H2,1-4H3/t35-,36?,37?,38?,41-/m1/s1. The first-order chi connectivity index (χ1) is 26.9. The highest BCUT2D eigenvalue weighted by Crippen LogP contribution is 2.42. The van der Waals surface area contributed by atoms with E-state index in [2.05, 4.69) is 4.90 Å². The van der Waals surface area contributed by atoms with E-state index in [9.17, 15) is 29.1 Å². The number of likely N-dealkylation sites (tertiary alicyclic amines) is 1. The van der Waals surface area contributed by atoms with Crippen LogP contribution in [0.5, 0.6) is 17.2 Å². The van der Waals surface area contributed by atoms with Crippen molar-refractivity contribution >= 4 is 51.1 Å². The van der Waals surface area contributed by atoms with Crippen molar-refractivity contribution < 1.29 is 62.2 Å². The van der Waals surface area contributed by atoms with E-state index in [0.29, 0.717) is 44.0 Å². The Morgan fingerprint density at radius 3 is 2.05 bits per heavy atom. The van der Waals surface area contributed by atoms with Crippen molar-refractivity contribution in [2.24, 2.45) is 0 Å². The molecule has 2 aliphatic rings. The Hall–Kier alpha value is -5.51. The second-order valence-electron chi connectivity index (χ2n) is 13.4. The maximum absolute atomic E-state index is 14.3. The number of piperidine rings is 1. The summed E-state index contributed by atoms with van der Waals surface area (Å²) in [4.78, 5) is 66.8. The molecule has 3 aromatic carbocycles. The summed E-state index contributed by atoms with van der Waals surface area (Å²) in [5, 5.41) is 10.6. The summed E-state index contributed by atoms with van der Waals surface area (Å²) in [5.74, 6) is -2.73. The maximum Gasteiger partial charge on any atom is 0.339 e. The predicted molar refractivity (Wildman–Crippen MR) is 203 cm³/mol. The number of thiophene rings is 1. The van der Waals surface area contributed by atoms with Crippen LogP contribution in [0.15, 0.2) is 66.7 Å². The van der Waals surface area contributed by atoms with E-state index in [1.165, 1.54) is 42.7 Å². The Kier molecular flexibility index (Phi) is 12.9. The summed E-state index contributed by atoms with van der Waals surface area (Å²) in [6.07, 6.45) is -4.09. The van der Waals surface area contributed by atoms with Gasteiger partial charge >= 0.3 is 23.9 Å². The van der Waals surface area contributed by atoms with Crippen LogP contribution < -0.4 is 9.47 Å². The van der Waals surface area contributed by atoms with Gasteiger partial charge in [-0.15, -0.1) is 11.3 Å². The summed E-state index contributed by atoms with van der Waals surface area (Å²) >= 11 is 1.31. The normalized spacial score (nSPS) is 21.1. The zero-order chi connectivity index (χ0) is 39.9. The Bertz CT molecular complexity index is 2060. The van der Waals surface area contributed by atoms with E-state index in [-0.39, 0.29) is 17.3 Å². The van der Waals surface area contributed by atoms with E-state index in [1.54, 1.807) is 54.6 Å². The molecule has 14 nitrogen and oxygen atoms in total. The number of aromatic hydroxyl groups is 1. The first-order valence-electron chi connectivity index (χ1n) is 18.2. The molecule has 3 heterocycles. The number of phenolic OH excluding ortho intramolecular Hbond substituents is 1. The third kappa shape index (κ3) is 9.46. The van der Waals surface area contributed by atoms with Gasteiger partial charge in [-0.2, -0.15) is 0 Å². The molecule has 56 heavy (non-hydrogen) atoms. The summed E-state index contributed by atoms with van der Waals surface area (Å²) in [7, 11) is 1.10. The van der Waals surface area contributed by atoms with Crippen LogP contribution in [-0.2, 0) is 42.9 Å². The highest BCUT2D eigenvalue weighted by Gasteiger charge is 2.56. The molecular weight excluding hydrogens is 747 g/mol. The largest absolute Gasteiger partial charge is 0.508 e. The highest BCUT2D eigenvalue weighted by atomic mass is 32.1. The molecule has 0 saturated carbocycles. The minimum Gasteiger partial charge on any atom is -0.508 e. The number of nitrogens with zero attached hydrogens (tertiary/aromatic N) is 1. The van der Waals surface area contributed by atoms with Crippen LogP contribution in [0.1, 0.15) is 56.0 Å². The molecule has 5 atom stereocenters. The Morgan fingerprint density at radius 2 is 1.41 bits per heavy atom. The third-order valence-electron chi connectivity index (χ3n) is 9.35. The van der Waals surface area contributed by atoms with E-state index < -0.39 is 54.6 Å². The van der Waals surface area contributed by atoms with Crippen LogP contribution in [0, 0.1) is 0 Å². The van der Waals surface area contributed by atoms with Gasteiger partial charge in [0.2, 0.25) is 12.4 Å². The number of carbonyl (C=O) groups is 5. The fourth-order valence-electron chi connectivity index (χ4n) is 6.82. The summed E-state index contributed by atoms with van der Waals surface area (Å²) in [6.45, 7) is 6.86. The van der Waals surface area contributed by atoms with Gasteiger partial charge in [0.05, 0.1) is 7.11 Å². The number of fused-ring (bicyclic) bond motifs is 1. The van der Waals surface area contributed by atoms with Crippen LogP contribution in [0.4, 0.5) is 0 Å². The van der Waals surface area contributed by atoms with Gasteiger partial charge in [-0.25, -0.2) is 4.79 Å². The summed E-state index contributed by atoms with van der Waals surface area (Å²) < 4.78 is 39.9. The van der Waals surface area contributed by atoms with Crippen LogP contribution in [0.2, 0.25) is 0 Å². The van der Waals surface area contributed by atoms with Crippen LogP contribution in [0.25, 0.3) is 20.5 Å². The smallest absolute Gasteiger partial charge is 0.339 e. The molecule has 4 aromatic rings. The van der Waals surface area contributed by atoms with Gasteiger partial charge in [-0.3, -0.25) is 24.1 Å². The molecule has 0 bridgehead atoms. The second-order valence-corrected chi connectivity index (χ2v) is 14.5. The molecule has 2 aliphatic heterocycles. The lowest BCUT2D eigenvalue weighted by atomic mass is 9.97. The Morgan fingerprint density at radius 1 is 0.786 bits per heavy atom. The topological polar surface area (TPSA) is 173 Å². The number of hydrogen-bond acceptors (Lipinski definition) is 15. The molecule has 15 heteroatoms. The van der Waals surface area contributed by atoms with Crippen molar-refractivity contribution in [2.45, 2.75) is 70.7 Å². The van der Waals surface area contributed by atoms with Gasteiger partial charge in [-0.05, 0) is 98.2 Å². The predicted octanol–water partition coefficient (Wildman–Crippen LogP) is 5.44. The number of ether oxygens (including phenoxy) is 7. The molecule has 1 aromatic heterocycles. The number of carbonyl (C=O) groups excluding carboxylic acids is 5. The number of ketones is 1. The molecule has 6 rings (SSSR count). The lowest BCUT2D eigenvalue weighted by Crippen LogP contribution is -2.64. The van der Waals surface area contributed by atoms with Gasteiger partial charge in [0.25, 0.3) is 0 Å². The molecule has 0 amide bonds. The lowest BCUT2D eigenvalue weighted by molar-refractivity contribution is -0.282. The molecule has 0 aliphatic carbocycles. The van der Waals surface area contributed by atoms with Crippen molar-refractivity contribution in [3.63, 3.8) is 0 Å². The van der Waals surface area contributed by atoms with E-state index in [1.807, 2.05) is 0 Å². The van der Waals surface area contributed by atoms with Crippen molar-refractivity contribution in [2.75, 3.05) is 33.4 Å². The minimum absolute atomic E-state index is 0.0670. The average Bonchev–Trinajstić information content (AvgIpc) is 3.55. The Balaban J connectivity index is 1.32. The lowest BCUT2D eigenvalue weighted by Gasteiger charge is -2.43. The van der Waals surface area contributed by atoms with Gasteiger partial charge in [-0.1, -0.05) is 6.42 Å². The van der Waals surface area contributed by atoms with Crippen LogP contribution >= 0.6 is 11.3 Å². The van der Waals surface area contributed by atoms with Gasteiger partial charge in [0, 0.05) is 53.4 Å². The minimum atomic E-state index is -1.63. The second kappa shape index (κ2) is 18.0. The number of esters is 4. The summed E-state index contributed by atoms with van der Waals surface area (Å²) in [6, 6.07) is 18.5. The molecule has 296 valence electrons. The number of rotatable bonds is 13. The number of phenols is 1.